The average Bonchev–Trinajstić information content (AvgIpc) is 2.69. The Hall–Kier alpha value is -0.390. The second-order valence-electron chi connectivity index (χ2n) is 4.88. The van der Waals surface area contributed by atoms with E-state index >= 15 is 0 Å². The molecule has 0 saturated carbocycles. The van der Waals surface area contributed by atoms with E-state index in [1.807, 2.05) is 25.6 Å². The molecule has 1 aromatic rings. The van der Waals surface area contributed by atoms with Crippen LogP contribution in [0.25, 0.3) is 0 Å². The standard InChI is InChI=1S/C14H25BrN2O2/c1-6-10-13(15)11(17(4)16-10)9-12(18)14(7-2,8-3)19-5/h12,18H,6-9H2,1-5H3. The van der Waals surface area contributed by atoms with Gasteiger partial charge in [0.1, 0.15) is 0 Å². The smallest absolute Gasteiger partial charge is 0.0935 e. The van der Waals surface area contributed by atoms with Crippen LogP contribution in [0.2, 0.25) is 0 Å². The predicted octanol–water partition coefficient (Wildman–Crippen LogP) is 2.85. The van der Waals surface area contributed by atoms with E-state index in [2.05, 4.69) is 28.0 Å². The number of hydrogen-bond acceptors (Lipinski definition) is 3. The maximum Gasteiger partial charge on any atom is 0.0935 e. The van der Waals surface area contributed by atoms with Gasteiger partial charge in [-0.05, 0) is 35.2 Å². The van der Waals surface area contributed by atoms with Crippen molar-refractivity contribution in [3.8, 4) is 0 Å². The van der Waals surface area contributed by atoms with Crippen LogP contribution in [-0.4, -0.2) is 33.7 Å². The molecule has 0 aliphatic carbocycles. The van der Waals surface area contributed by atoms with E-state index < -0.39 is 11.7 Å². The predicted molar refractivity (Wildman–Crippen MR) is 80.3 cm³/mol. The van der Waals surface area contributed by atoms with Gasteiger partial charge >= 0.3 is 0 Å². The van der Waals surface area contributed by atoms with Crippen LogP contribution in [0.3, 0.4) is 0 Å². The summed E-state index contributed by atoms with van der Waals surface area (Å²) in [5.41, 5.74) is 1.57. The van der Waals surface area contributed by atoms with Gasteiger partial charge in [-0.15, -0.1) is 0 Å². The van der Waals surface area contributed by atoms with E-state index in [0.717, 1.165) is 35.1 Å². The highest BCUT2D eigenvalue weighted by Crippen LogP contribution is 2.29. The summed E-state index contributed by atoms with van der Waals surface area (Å²) >= 11 is 3.59. The average molecular weight is 333 g/mol. The third-order valence-electron chi connectivity index (χ3n) is 4.10. The number of methoxy groups -OCH3 is 1. The number of aromatic nitrogens is 2. The monoisotopic (exact) mass is 332 g/mol. The number of aliphatic hydroxyl groups is 1. The molecule has 0 spiro atoms. The number of halogens is 1. The molecule has 1 unspecified atom stereocenters. The Balaban J connectivity index is 2.99. The number of ether oxygens (including phenoxy) is 1. The summed E-state index contributed by atoms with van der Waals surface area (Å²) < 4.78 is 8.44. The highest BCUT2D eigenvalue weighted by molar-refractivity contribution is 9.10. The quantitative estimate of drug-likeness (QED) is 0.835. The van der Waals surface area contributed by atoms with Crippen molar-refractivity contribution in [3.63, 3.8) is 0 Å². The summed E-state index contributed by atoms with van der Waals surface area (Å²) in [6.45, 7) is 6.17. The Bertz CT molecular complexity index is 406. The Kier molecular flexibility index (Phi) is 6.02. The summed E-state index contributed by atoms with van der Waals surface area (Å²) in [7, 11) is 3.59. The summed E-state index contributed by atoms with van der Waals surface area (Å²) in [4.78, 5) is 0. The van der Waals surface area contributed by atoms with Crippen LogP contribution in [-0.2, 0) is 24.6 Å². The van der Waals surface area contributed by atoms with Crippen LogP contribution >= 0.6 is 15.9 Å². The van der Waals surface area contributed by atoms with Crippen molar-refractivity contribution in [3.05, 3.63) is 15.9 Å². The second-order valence-corrected chi connectivity index (χ2v) is 5.67. The van der Waals surface area contributed by atoms with Gasteiger partial charge in [0.05, 0.1) is 27.6 Å². The van der Waals surface area contributed by atoms with Crippen molar-refractivity contribution in [2.75, 3.05) is 7.11 Å². The number of nitrogens with zero attached hydrogens (tertiary/aromatic N) is 2. The molecule has 5 heteroatoms. The van der Waals surface area contributed by atoms with Crippen molar-refractivity contribution in [1.29, 1.82) is 0 Å². The molecule has 4 nitrogen and oxygen atoms in total. The molecule has 0 aliphatic heterocycles. The van der Waals surface area contributed by atoms with Gasteiger partial charge < -0.3 is 9.84 Å². The molecule has 1 N–H and O–H groups in total. The van der Waals surface area contributed by atoms with Crippen LogP contribution < -0.4 is 0 Å². The first kappa shape index (κ1) is 16.7. The van der Waals surface area contributed by atoms with Gasteiger partial charge in [-0.2, -0.15) is 5.10 Å². The van der Waals surface area contributed by atoms with Crippen LogP contribution in [0.15, 0.2) is 4.47 Å². The molecule has 0 amide bonds. The van der Waals surface area contributed by atoms with Gasteiger partial charge in [0.2, 0.25) is 0 Å². The molecule has 0 aromatic carbocycles. The Morgan fingerprint density at radius 1 is 1.37 bits per heavy atom. The lowest BCUT2D eigenvalue weighted by atomic mass is 9.87. The van der Waals surface area contributed by atoms with Crippen molar-refractivity contribution < 1.29 is 9.84 Å². The molecule has 0 saturated heterocycles. The molecular formula is C14H25BrN2O2. The zero-order valence-electron chi connectivity index (χ0n) is 12.5. The molecule has 1 aromatic heterocycles. The number of aryl methyl sites for hydroxylation is 2. The molecule has 1 rings (SSSR count). The zero-order valence-corrected chi connectivity index (χ0v) is 14.1. The van der Waals surface area contributed by atoms with Gasteiger partial charge in [0.25, 0.3) is 0 Å². The first-order chi connectivity index (χ1) is 8.95. The second kappa shape index (κ2) is 6.86. The highest BCUT2D eigenvalue weighted by Gasteiger charge is 2.35. The Labute approximate surface area is 124 Å². The SMILES string of the molecule is CCc1nn(C)c(CC(O)C(CC)(CC)OC)c1Br. The Morgan fingerprint density at radius 2 is 1.95 bits per heavy atom. The van der Waals surface area contributed by atoms with E-state index in [1.54, 1.807) is 7.11 Å². The largest absolute Gasteiger partial charge is 0.390 e. The molecule has 0 radical (unpaired) electrons. The van der Waals surface area contributed by atoms with Gasteiger partial charge in [0.15, 0.2) is 0 Å². The molecule has 0 bridgehead atoms. The lowest BCUT2D eigenvalue weighted by Crippen LogP contribution is -2.44. The minimum atomic E-state index is -0.538. The fourth-order valence-corrected chi connectivity index (χ4v) is 3.33. The summed E-state index contributed by atoms with van der Waals surface area (Å²) in [5, 5.41) is 15.0. The Morgan fingerprint density at radius 3 is 2.32 bits per heavy atom. The lowest BCUT2D eigenvalue weighted by molar-refractivity contribution is -0.107. The van der Waals surface area contributed by atoms with E-state index in [9.17, 15) is 5.11 Å². The maximum absolute atomic E-state index is 10.6. The molecular weight excluding hydrogens is 308 g/mol. The highest BCUT2D eigenvalue weighted by atomic mass is 79.9. The first-order valence-corrected chi connectivity index (χ1v) is 7.68. The molecule has 19 heavy (non-hydrogen) atoms. The number of rotatable bonds is 7. The van der Waals surface area contributed by atoms with E-state index in [-0.39, 0.29) is 0 Å². The molecule has 0 fully saturated rings. The fourth-order valence-electron chi connectivity index (χ4n) is 2.56. The molecule has 1 heterocycles. The van der Waals surface area contributed by atoms with Crippen molar-refractivity contribution >= 4 is 15.9 Å². The third kappa shape index (κ3) is 3.20. The third-order valence-corrected chi connectivity index (χ3v) is 5.02. The van der Waals surface area contributed by atoms with Gasteiger partial charge in [0, 0.05) is 20.6 Å². The number of aliphatic hydroxyl groups excluding tert-OH is 1. The van der Waals surface area contributed by atoms with E-state index in [0.29, 0.717) is 6.42 Å². The number of hydrogen-bond donors (Lipinski definition) is 1. The lowest BCUT2D eigenvalue weighted by Gasteiger charge is -2.35. The molecule has 0 aliphatic rings. The first-order valence-electron chi connectivity index (χ1n) is 6.89. The molecule has 1 atom stereocenters. The maximum atomic E-state index is 10.6. The molecule has 110 valence electrons. The van der Waals surface area contributed by atoms with Gasteiger partial charge in [-0.1, -0.05) is 20.8 Å². The van der Waals surface area contributed by atoms with Crippen molar-refractivity contribution in [2.24, 2.45) is 7.05 Å². The van der Waals surface area contributed by atoms with Crippen LogP contribution in [0.5, 0.6) is 0 Å². The van der Waals surface area contributed by atoms with Crippen molar-refractivity contribution in [1.82, 2.24) is 9.78 Å². The fraction of sp³-hybridized carbons (Fsp3) is 0.786. The van der Waals surface area contributed by atoms with E-state index in [4.69, 9.17) is 4.74 Å². The van der Waals surface area contributed by atoms with E-state index in [1.165, 1.54) is 0 Å². The summed E-state index contributed by atoms with van der Waals surface area (Å²) in [6, 6.07) is 0. The topological polar surface area (TPSA) is 47.3 Å². The van der Waals surface area contributed by atoms with Gasteiger partial charge in [-0.3, -0.25) is 4.68 Å². The zero-order chi connectivity index (χ0) is 14.6. The minimum Gasteiger partial charge on any atom is -0.390 e. The van der Waals surface area contributed by atoms with Crippen LogP contribution in [0.4, 0.5) is 0 Å². The minimum absolute atomic E-state index is 0.476. The van der Waals surface area contributed by atoms with Crippen molar-refractivity contribution in [2.45, 2.75) is 58.2 Å². The summed E-state index contributed by atoms with van der Waals surface area (Å²) in [6.07, 6.45) is 2.46. The van der Waals surface area contributed by atoms with Gasteiger partial charge in [-0.25, -0.2) is 0 Å². The van der Waals surface area contributed by atoms with Crippen LogP contribution in [0, 0.1) is 0 Å². The van der Waals surface area contributed by atoms with Crippen LogP contribution in [0.1, 0.15) is 45.0 Å². The normalized spacial score (nSPS) is 13.8. The summed E-state index contributed by atoms with van der Waals surface area (Å²) in [5.74, 6) is 0.